The average Bonchev–Trinajstić information content (AvgIpc) is 2.60. The first-order valence-corrected chi connectivity index (χ1v) is 6.99. The van der Waals surface area contributed by atoms with Gasteiger partial charge in [0.1, 0.15) is 11.5 Å². The summed E-state index contributed by atoms with van der Waals surface area (Å²) in [5.41, 5.74) is 1.15. The van der Waals surface area contributed by atoms with Gasteiger partial charge in [-0.1, -0.05) is 0 Å². The maximum atomic E-state index is 12.0. The van der Waals surface area contributed by atoms with Gasteiger partial charge in [-0.2, -0.15) is 0 Å². The van der Waals surface area contributed by atoms with Crippen LogP contribution in [0.1, 0.15) is 5.56 Å². The van der Waals surface area contributed by atoms with Gasteiger partial charge in [0.15, 0.2) is 0 Å². The van der Waals surface area contributed by atoms with E-state index >= 15 is 0 Å². The van der Waals surface area contributed by atoms with Crippen LogP contribution in [-0.4, -0.2) is 25.1 Å². The normalized spacial score (nSPS) is 10.4. The highest BCUT2D eigenvalue weighted by atomic mass is 16.6. The minimum absolute atomic E-state index is 0.00211. The van der Waals surface area contributed by atoms with E-state index in [2.05, 4.69) is 5.32 Å². The van der Waals surface area contributed by atoms with Crippen molar-refractivity contribution in [2.45, 2.75) is 0 Å². The van der Waals surface area contributed by atoms with E-state index in [1.165, 1.54) is 32.4 Å². The molecule has 0 spiro atoms. The van der Waals surface area contributed by atoms with E-state index in [-0.39, 0.29) is 11.6 Å². The number of non-ortho nitro benzene ring substituents is 1. The molecule has 0 radical (unpaired) electrons. The third-order valence-corrected chi connectivity index (χ3v) is 3.20. The molecule has 0 saturated carbocycles. The van der Waals surface area contributed by atoms with E-state index < -0.39 is 4.92 Å². The summed E-state index contributed by atoms with van der Waals surface area (Å²) in [6.45, 7) is 0. The van der Waals surface area contributed by atoms with Crippen molar-refractivity contribution in [3.63, 3.8) is 0 Å². The first-order chi connectivity index (χ1) is 11.5. The standard InChI is InChI=1S/C17H16N2O5/c1-23-14-8-9-16(24-2)15(11-14)18-17(20)10-5-12-3-6-13(7-4-12)19(21)22/h3-11H,1-2H3,(H,18,20)/b10-5+. The molecular weight excluding hydrogens is 312 g/mol. The molecule has 0 bridgehead atoms. The SMILES string of the molecule is COc1ccc(OC)c(NC(=O)/C=C/c2ccc([N+](=O)[O-])cc2)c1. The molecule has 2 aromatic carbocycles. The first-order valence-electron chi connectivity index (χ1n) is 6.99. The number of nitrogens with one attached hydrogen (secondary N) is 1. The highest BCUT2D eigenvalue weighted by Gasteiger charge is 2.07. The van der Waals surface area contributed by atoms with E-state index in [4.69, 9.17) is 9.47 Å². The Hall–Kier alpha value is -3.35. The molecular formula is C17H16N2O5. The number of hydrogen-bond donors (Lipinski definition) is 1. The van der Waals surface area contributed by atoms with Crippen molar-refractivity contribution in [1.82, 2.24) is 0 Å². The molecule has 1 N–H and O–H groups in total. The Labute approximate surface area is 138 Å². The number of rotatable bonds is 6. The molecule has 7 nitrogen and oxygen atoms in total. The lowest BCUT2D eigenvalue weighted by molar-refractivity contribution is -0.384. The van der Waals surface area contributed by atoms with Crippen LogP contribution in [0.25, 0.3) is 6.08 Å². The number of nitrogens with zero attached hydrogens (tertiary/aromatic N) is 1. The summed E-state index contributed by atoms with van der Waals surface area (Å²) in [7, 11) is 3.03. The zero-order valence-electron chi connectivity index (χ0n) is 13.2. The molecule has 124 valence electrons. The Kier molecular flexibility index (Phi) is 5.51. The summed E-state index contributed by atoms with van der Waals surface area (Å²) >= 11 is 0. The average molecular weight is 328 g/mol. The molecule has 0 aliphatic rings. The summed E-state index contributed by atoms with van der Waals surface area (Å²) in [6, 6.07) is 10.9. The fraction of sp³-hybridized carbons (Fsp3) is 0.118. The Morgan fingerprint density at radius 3 is 2.42 bits per heavy atom. The number of carbonyl (C=O) groups is 1. The number of anilines is 1. The van der Waals surface area contributed by atoms with Gasteiger partial charge in [-0.25, -0.2) is 0 Å². The Morgan fingerprint density at radius 1 is 1.12 bits per heavy atom. The zero-order valence-corrected chi connectivity index (χ0v) is 13.2. The summed E-state index contributed by atoms with van der Waals surface area (Å²) in [4.78, 5) is 22.1. The van der Waals surface area contributed by atoms with Crippen LogP contribution in [0.4, 0.5) is 11.4 Å². The monoisotopic (exact) mass is 328 g/mol. The van der Waals surface area contributed by atoms with E-state index in [0.717, 1.165) is 0 Å². The number of benzene rings is 2. The van der Waals surface area contributed by atoms with Crippen molar-refractivity contribution in [3.05, 3.63) is 64.2 Å². The van der Waals surface area contributed by atoms with Crippen molar-refractivity contribution in [1.29, 1.82) is 0 Å². The van der Waals surface area contributed by atoms with Crippen LogP contribution < -0.4 is 14.8 Å². The lowest BCUT2D eigenvalue weighted by Crippen LogP contribution is -2.09. The lowest BCUT2D eigenvalue weighted by Gasteiger charge is -2.10. The molecule has 7 heteroatoms. The minimum Gasteiger partial charge on any atom is -0.497 e. The number of nitro groups is 1. The lowest BCUT2D eigenvalue weighted by atomic mass is 10.2. The number of nitro benzene ring substituents is 1. The van der Waals surface area contributed by atoms with E-state index in [9.17, 15) is 14.9 Å². The molecule has 0 saturated heterocycles. The molecule has 0 unspecified atom stereocenters. The highest BCUT2D eigenvalue weighted by Crippen LogP contribution is 2.28. The maximum Gasteiger partial charge on any atom is 0.269 e. The highest BCUT2D eigenvalue weighted by molar-refractivity contribution is 6.02. The first kappa shape index (κ1) is 17.0. The van der Waals surface area contributed by atoms with Crippen LogP contribution in [0, 0.1) is 10.1 Å². The molecule has 0 heterocycles. The van der Waals surface area contributed by atoms with E-state index in [1.807, 2.05) is 0 Å². The molecule has 2 aromatic rings. The van der Waals surface area contributed by atoms with Gasteiger partial charge >= 0.3 is 0 Å². The van der Waals surface area contributed by atoms with Crippen LogP contribution in [-0.2, 0) is 4.79 Å². The molecule has 0 atom stereocenters. The minimum atomic E-state index is -0.477. The third-order valence-electron chi connectivity index (χ3n) is 3.20. The fourth-order valence-electron chi connectivity index (χ4n) is 1.97. The zero-order chi connectivity index (χ0) is 17.5. The smallest absolute Gasteiger partial charge is 0.269 e. The van der Waals surface area contributed by atoms with Gasteiger partial charge < -0.3 is 14.8 Å². The van der Waals surface area contributed by atoms with Crippen molar-refractivity contribution in [3.8, 4) is 11.5 Å². The Bertz CT molecular complexity index is 769. The Morgan fingerprint density at radius 2 is 1.83 bits per heavy atom. The van der Waals surface area contributed by atoms with Crippen LogP contribution in [0.5, 0.6) is 11.5 Å². The van der Waals surface area contributed by atoms with Crippen LogP contribution in [0.15, 0.2) is 48.5 Å². The van der Waals surface area contributed by atoms with Crippen LogP contribution >= 0.6 is 0 Å². The van der Waals surface area contributed by atoms with Crippen LogP contribution in [0.3, 0.4) is 0 Å². The van der Waals surface area contributed by atoms with E-state index in [1.54, 1.807) is 36.4 Å². The maximum absolute atomic E-state index is 12.0. The van der Waals surface area contributed by atoms with E-state index in [0.29, 0.717) is 22.7 Å². The second-order valence-corrected chi connectivity index (χ2v) is 4.74. The molecule has 2 rings (SSSR count). The number of ether oxygens (including phenoxy) is 2. The molecule has 1 amide bonds. The predicted molar refractivity (Wildman–Crippen MR) is 90.3 cm³/mol. The van der Waals surface area contributed by atoms with Crippen molar-refractivity contribution < 1.29 is 19.2 Å². The molecule has 0 aliphatic heterocycles. The van der Waals surface area contributed by atoms with Gasteiger partial charge in [-0.3, -0.25) is 14.9 Å². The number of hydrogen-bond acceptors (Lipinski definition) is 5. The second kappa shape index (κ2) is 7.77. The van der Waals surface area contributed by atoms with Gasteiger partial charge in [0.05, 0.1) is 24.8 Å². The summed E-state index contributed by atoms with van der Waals surface area (Å²) in [5, 5.41) is 13.3. The molecule has 0 fully saturated rings. The molecule has 0 aliphatic carbocycles. The second-order valence-electron chi connectivity index (χ2n) is 4.74. The van der Waals surface area contributed by atoms with Gasteiger partial charge in [0.25, 0.3) is 5.69 Å². The van der Waals surface area contributed by atoms with Gasteiger partial charge in [0, 0.05) is 24.3 Å². The topological polar surface area (TPSA) is 90.7 Å². The molecule has 0 aromatic heterocycles. The van der Waals surface area contributed by atoms with Crippen molar-refractivity contribution in [2.75, 3.05) is 19.5 Å². The van der Waals surface area contributed by atoms with Crippen LogP contribution in [0.2, 0.25) is 0 Å². The summed E-state index contributed by atoms with van der Waals surface area (Å²) in [6.07, 6.45) is 2.89. The fourth-order valence-corrected chi connectivity index (χ4v) is 1.97. The molecule has 24 heavy (non-hydrogen) atoms. The quantitative estimate of drug-likeness (QED) is 0.499. The number of methoxy groups -OCH3 is 2. The van der Waals surface area contributed by atoms with Crippen molar-refractivity contribution >= 4 is 23.4 Å². The predicted octanol–water partition coefficient (Wildman–Crippen LogP) is 3.26. The number of amides is 1. The van der Waals surface area contributed by atoms with Gasteiger partial charge in [-0.15, -0.1) is 0 Å². The van der Waals surface area contributed by atoms with Gasteiger partial charge in [-0.05, 0) is 35.9 Å². The van der Waals surface area contributed by atoms with Gasteiger partial charge in [0.2, 0.25) is 5.91 Å². The number of carbonyl (C=O) groups excluding carboxylic acids is 1. The largest absolute Gasteiger partial charge is 0.497 e. The van der Waals surface area contributed by atoms with Crippen molar-refractivity contribution in [2.24, 2.45) is 0 Å². The third kappa shape index (κ3) is 4.33. The Balaban J connectivity index is 2.08. The summed E-state index contributed by atoms with van der Waals surface area (Å²) < 4.78 is 10.3. The summed E-state index contributed by atoms with van der Waals surface area (Å²) in [5.74, 6) is 0.734.